The number of alkyl halides is 1. The molecule has 0 bridgehead atoms. The Morgan fingerprint density at radius 3 is 2.15 bits per heavy atom. The topological polar surface area (TPSA) is 37.4 Å². The number of sulfonamides is 1. The Balaban J connectivity index is 2.93. The molecule has 0 saturated heterocycles. The van der Waals surface area contributed by atoms with Crippen LogP contribution in [0.4, 0.5) is 13.2 Å². The average molecular weight is 374 g/mol. The molecule has 1 aromatic carbocycles. The summed E-state index contributed by atoms with van der Waals surface area (Å²) in [7, 11) is -3.06. The number of halogens is 4. The lowest BCUT2D eigenvalue weighted by Crippen LogP contribution is -2.29. The summed E-state index contributed by atoms with van der Waals surface area (Å²) >= 11 is 3.25. The number of hydrogen-bond acceptors (Lipinski definition) is 2. The smallest absolute Gasteiger partial charge is 0.207 e. The van der Waals surface area contributed by atoms with Gasteiger partial charge in [0.2, 0.25) is 10.0 Å². The summed E-state index contributed by atoms with van der Waals surface area (Å²) in [4.78, 5) is -1.11. The van der Waals surface area contributed by atoms with Crippen molar-refractivity contribution in [2.45, 2.75) is 24.2 Å². The van der Waals surface area contributed by atoms with Gasteiger partial charge in [-0.2, -0.15) is 0 Å². The summed E-state index contributed by atoms with van der Waals surface area (Å²) in [5.41, 5.74) is 0. The largest absolute Gasteiger partial charge is 0.248 e. The van der Waals surface area contributed by atoms with E-state index in [4.69, 9.17) is 0 Å². The molecule has 3 nitrogen and oxygen atoms in total. The zero-order valence-corrected chi connectivity index (χ0v) is 13.3. The lowest BCUT2D eigenvalue weighted by Gasteiger charge is -2.17. The second-order valence-corrected chi connectivity index (χ2v) is 7.05. The van der Waals surface area contributed by atoms with E-state index in [0.29, 0.717) is 18.6 Å². The van der Waals surface area contributed by atoms with Crippen molar-refractivity contribution in [3.05, 3.63) is 29.6 Å². The van der Waals surface area contributed by atoms with Gasteiger partial charge in [-0.3, -0.25) is 0 Å². The maximum absolute atomic E-state index is 13.5. The highest BCUT2D eigenvalue weighted by molar-refractivity contribution is 9.09. The highest BCUT2D eigenvalue weighted by Gasteiger charge is 2.28. The number of rotatable bonds is 7. The highest BCUT2D eigenvalue weighted by Crippen LogP contribution is 2.23. The lowest BCUT2D eigenvalue weighted by molar-refractivity contribution is 0.436. The van der Waals surface area contributed by atoms with Gasteiger partial charge in [-0.25, -0.2) is 25.9 Å². The standard InChI is InChI=1S/C12H15BrF3NO2S/c1-17(6-4-2-3-5-13)20(18,19)12-10(15)7-9(14)8-11(12)16/h7-8H,2-6H2,1H3. The van der Waals surface area contributed by atoms with Crippen LogP contribution in [0.1, 0.15) is 19.3 Å². The molecule has 0 aliphatic rings. The van der Waals surface area contributed by atoms with Gasteiger partial charge in [-0.05, 0) is 12.8 Å². The highest BCUT2D eigenvalue weighted by atomic mass is 79.9. The summed E-state index contributed by atoms with van der Waals surface area (Å²) in [6.45, 7) is 0.144. The fourth-order valence-corrected chi connectivity index (χ4v) is 3.35. The Bertz CT molecular complexity index is 543. The molecule has 0 aliphatic heterocycles. The van der Waals surface area contributed by atoms with Gasteiger partial charge in [-0.15, -0.1) is 0 Å². The molecule has 1 rings (SSSR count). The predicted octanol–water partition coefficient (Wildman–Crippen LogP) is 3.29. The monoisotopic (exact) mass is 373 g/mol. The normalized spacial score (nSPS) is 12.1. The zero-order chi connectivity index (χ0) is 15.3. The van der Waals surface area contributed by atoms with Crippen LogP contribution in [0.2, 0.25) is 0 Å². The van der Waals surface area contributed by atoms with Gasteiger partial charge in [0.25, 0.3) is 0 Å². The van der Waals surface area contributed by atoms with Crippen LogP contribution in [-0.2, 0) is 10.0 Å². The summed E-state index contributed by atoms with van der Waals surface area (Å²) in [5, 5.41) is 0.810. The van der Waals surface area contributed by atoms with Crippen molar-refractivity contribution in [1.29, 1.82) is 0 Å². The molecule has 0 amide bonds. The van der Waals surface area contributed by atoms with Crippen molar-refractivity contribution < 1.29 is 21.6 Å². The van der Waals surface area contributed by atoms with E-state index >= 15 is 0 Å². The van der Waals surface area contributed by atoms with Crippen LogP contribution in [-0.4, -0.2) is 31.6 Å². The van der Waals surface area contributed by atoms with Crippen molar-refractivity contribution >= 4 is 26.0 Å². The van der Waals surface area contributed by atoms with E-state index < -0.39 is 32.4 Å². The molecular weight excluding hydrogens is 359 g/mol. The Morgan fingerprint density at radius 2 is 1.65 bits per heavy atom. The number of nitrogens with zero attached hydrogens (tertiary/aromatic N) is 1. The van der Waals surface area contributed by atoms with Gasteiger partial charge in [-0.1, -0.05) is 22.4 Å². The van der Waals surface area contributed by atoms with Crippen molar-refractivity contribution in [2.24, 2.45) is 0 Å². The molecule has 0 aliphatic carbocycles. The van der Waals surface area contributed by atoms with Crippen molar-refractivity contribution in [3.63, 3.8) is 0 Å². The molecule has 1 aromatic rings. The van der Waals surface area contributed by atoms with E-state index in [1.807, 2.05) is 0 Å². The van der Waals surface area contributed by atoms with Gasteiger partial charge in [0.1, 0.15) is 17.5 Å². The summed E-state index contributed by atoms with van der Waals surface area (Å²) < 4.78 is 64.8. The van der Waals surface area contributed by atoms with E-state index in [1.165, 1.54) is 7.05 Å². The molecule has 0 atom stereocenters. The van der Waals surface area contributed by atoms with Gasteiger partial charge >= 0.3 is 0 Å². The fourth-order valence-electron chi connectivity index (χ4n) is 1.66. The molecule has 8 heteroatoms. The molecule has 0 spiro atoms. The SMILES string of the molecule is CN(CCCCCBr)S(=O)(=O)c1c(F)cc(F)cc1F. The van der Waals surface area contributed by atoms with E-state index in [0.717, 1.165) is 22.5 Å². The first-order chi connectivity index (χ1) is 9.30. The molecule has 0 unspecified atom stereocenters. The van der Waals surface area contributed by atoms with Crippen LogP contribution in [0.15, 0.2) is 17.0 Å². The van der Waals surface area contributed by atoms with Crippen LogP contribution < -0.4 is 0 Å². The minimum atomic E-state index is -4.30. The summed E-state index contributed by atoms with van der Waals surface area (Å²) in [6.07, 6.45) is 2.25. The Hall–Kier alpha value is -0.600. The van der Waals surface area contributed by atoms with Crippen LogP contribution in [0, 0.1) is 17.5 Å². The quantitative estimate of drug-likeness (QED) is 0.543. The maximum atomic E-state index is 13.5. The van der Waals surface area contributed by atoms with Gasteiger partial charge < -0.3 is 0 Å². The molecule has 0 N–H and O–H groups in total. The van der Waals surface area contributed by atoms with Gasteiger partial charge in [0.15, 0.2) is 4.90 Å². The van der Waals surface area contributed by atoms with Crippen molar-refractivity contribution in [3.8, 4) is 0 Å². The van der Waals surface area contributed by atoms with Crippen LogP contribution in [0.25, 0.3) is 0 Å². The molecule has 0 heterocycles. The first-order valence-corrected chi connectivity index (χ1v) is 8.53. The molecule has 0 radical (unpaired) electrons. The zero-order valence-electron chi connectivity index (χ0n) is 10.9. The van der Waals surface area contributed by atoms with E-state index in [9.17, 15) is 21.6 Å². The first-order valence-electron chi connectivity index (χ1n) is 5.97. The lowest BCUT2D eigenvalue weighted by atomic mass is 10.2. The predicted molar refractivity (Wildman–Crippen MR) is 73.8 cm³/mol. The van der Waals surface area contributed by atoms with E-state index in [2.05, 4.69) is 15.9 Å². The molecule has 0 aromatic heterocycles. The number of unbranched alkanes of at least 4 members (excludes halogenated alkanes) is 2. The van der Waals surface area contributed by atoms with Crippen LogP contribution in [0.3, 0.4) is 0 Å². The summed E-state index contributed by atoms with van der Waals surface area (Å²) in [6, 6.07) is 0.712. The summed E-state index contributed by atoms with van der Waals surface area (Å²) in [5.74, 6) is -4.00. The number of benzene rings is 1. The van der Waals surface area contributed by atoms with E-state index in [-0.39, 0.29) is 6.54 Å². The third-order valence-corrected chi connectivity index (χ3v) is 5.21. The van der Waals surface area contributed by atoms with Crippen molar-refractivity contribution in [1.82, 2.24) is 4.31 Å². The minimum Gasteiger partial charge on any atom is -0.207 e. The maximum Gasteiger partial charge on any atom is 0.248 e. The molecule has 0 fully saturated rings. The third kappa shape index (κ3) is 4.20. The first kappa shape index (κ1) is 17.5. The molecular formula is C12H15BrF3NO2S. The van der Waals surface area contributed by atoms with Gasteiger partial charge in [0.05, 0.1) is 0 Å². The van der Waals surface area contributed by atoms with Crippen molar-refractivity contribution in [2.75, 3.05) is 18.9 Å². The Morgan fingerprint density at radius 1 is 1.10 bits per heavy atom. The second kappa shape index (κ2) is 7.42. The second-order valence-electron chi connectivity index (χ2n) is 4.27. The van der Waals surface area contributed by atoms with E-state index in [1.54, 1.807) is 0 Å². The molecule has 0 saturated carbocycles. The van der Waals surface area contributed by atoms with Crippen LogP contribution >= 0.6 is 15.9 Å². The average Bonchev–Trinajstić information content (AvgIpc) is 2.32. The van der Waals surface area contributed by atoms with Gasteiger partial charge in [0, 0.05) is 31.1 Å². The fraction of sp³-hybridized carbons (Fsp3) is 0.500. The minimum absolute atomic E-state index is 0.144. The third-order valence-electron chi connectivity index (χ3n) is 2.74. The number of hydrogen-bond donors (Lipinski definition) is 0. The van der Waals surface area contributed by atoms with Crippen LogP contribution in [0.5, 0.6) is 0 Å². The Labute approximate surface area is 125 Å². The Kier molecular flexibility index (Phi) is 6.47. The molecule has 114 valence electrons. The molecule has 20 heavy (non-hydrogen) atoms.